The van der Waals surface area contributed by atoms with E-state index in [4.69, 9.17) is 4.74 Å². The van der Waals surface area contributed by atoms with Crippen LogP contribution in [0.5, 0.6) is 0 Å². The van der Waals surface area contributed by atoms with Gasteiger partial charge in [0.25, 0.3) is 0 Å². The Morgan fingerprint density at radius 1 is 1.59 bits per heavy atom. The molecule has 1 atom stereocenters. The number of rotatable bonds is 6. The van der Waals surface area contributed by atoms with E-state index in [9.17, 15) is 9.59 Å². The van der Waals surface area contributed by atoms with Gasteiger partial charge in [-0.1, -0.05) is 0 Å². The summed E-state index contributed by atoms with van der Waals surface area (Å²) in [7, 11) is 0. The van der Waals surface area contributed by atoms with E-state index in [2.05, 4.69) is 10.3 Å². The number of thiazole rings is 1. The third-order valence-electron chi connectivity index (χ3n) is 2.08. The van der Waals surface area contributed by atoms with Crippen LogP contribution in [0.25, 0.3) is 0 Å². The molecule has 5 nitrogen and oxygen atoms in total. The molecule has 0 aliphatic rings. The number of esters is 1. The van der Waals surface area contributed by atoms with Crippen molar-refractivity contribution in [1.29, 1.82) is 0 Å². The summed E-state index contributed by atoms with van der Waals surface area (Å²) in [6.07, 6.45) is 0.0296. The second-order valence-corrected chi connectivity index (χ2v) is 4.47. The van der Waals surface area contributed by atoms with E-state index < -0.39 is 6.04 Å². The van der Waals surface area contributed by atoms with Crippen molar-refractivity contribution in [2.75, 3.05) is 11.9 Å². The summed E-state index contributed by atoms with van der Waals surface area (Å²) in [6.45, 7) is 5.37. The molecule has 0 fully saturated rings. The second-order valence-electron chi connectivity index (χ2n) is 3.61. The van der Waals surface area contributed by atoms with Crippen LogP contribution < -0.4 is 5.32 Å². The predicted octanol–water partition coefficient (Wildman–Crippen LogP) is 1.77. The van der Waals surface area contributed by atoms with E-state index >= 15 is 0 Å². The lowest BCUT2D eigenvalue weighted by Crippen LogP contribution is -2.30. The molecule has 0 saturated carbocycles. The average molecular weight is 256 g/mol. The first-order valence-electron chi connectivity index (χ1n) is 5.37. The minimum Gasteiger partial charge on any atom is -0.466 e. The van der Waals surface area contributed by atoms with Gasteiger partial charge in [-0.25, -0.2) is 4.98 Å². The van der Waals surface area contributed by atoms with Gasteiger partial charge in [0.1, 0.15) is 0 Å². The van der Waals surface area contributed by atoms with Gasteiger partial charge in [0.05, 0.1) is 24.8 Å². The molecule has 0 bridgehead atoms. The van der Waals surface area contributed by atoms with Crippen LogP contribution in [0.3, 0.4) is 0 Å². The number of anilines is 1. The number of nitrogens with zero attached hydrogens (tertiary/aromatic N) is 1. The predicted molar refractivity (Wildman–Crippen MR) is 66.2 cm³/mol. The summed E-state index contributed by atoms with van der Waals surface area (Å²) in [5.74, 6) is -0.487. The van der Waals surface area contributed by atoms with Crippen LogP contribution in [0.15, 0.2) is 5.38 Å². The summed E-state index contributed by atoms with van der Waals surface area (Å²) in [6, 6.07) is -0.570. The molecule has 6 heteroatoms. The topological polar surface area (TPSA) is 68.3 Å². The number of hydrogen-bond donors (Lipinski definition) is 1. The van der Waals surface area contributed by atoms with Gasteiger partial charge in [-0.15, -0.1) is 11.3 Å². The minimum atomic E-state index is -0.570. The summed E-state index contributed by atoms with van der Waals surface area (Å²) in [5, 5.41) is 5.47. The number of ketones is 1. The normalized spacial score (nSPS) is 11.9. The first-order chi connectivity index (χ1) is 8.02. The van der Waals surface area contributed by atoms with Gasteiger partial charge in [-0.05, 0) is 20.8 Å². The van der Waals surface area contributed by atoms with Crippen LogP contribution in [0.1, 0.15) is 26.0 Å². The van der Waals surface area contributed by atoms with Crippen molar-refractivity contribution in [1.82, 2.24) is 4.98 Å². The highest BCUT2D eigenvalue weighted by molar-refractivity contribution is 7.13. The standard InChI is InChI=1S/C11H16N2O3S/c1-4-16-10(15)5-9(8(3)14)13-11-12-7(2)6-17-11/h6,9H,4-5H2,1-3H3,(H,12,13). The lowest BCUT2D eigenvalue weighted by atomic mass is 10.1. The molecule has 0 radical (unpaired) electrons. The second kappa shape index (κ2) is 6.34. The van der Waals surface area contributed by atoms with Crippen LogP contribution >= 0.6 is 11.3 Å². The Bertz CT molecular complexity index is 403. The number of nitrogens with one attached hydrogen (secondary N) is 1. The molecule has 0 aliphatic heterocycles. The maximum Gasteiger partial charge on any atom is 0.308 e. The van der Waals surface area contributed by atoms with Crippen LogP contribution in [0.4, 0.5) is 5.13 Å². The smallest absolute Gasteiger partial charge is 0.308 e. The van der Waals surface area contributed by atoms with Crippen molar-refractivity contribution in [3.8, 4) is 0 Å². The number of Topliss-reactive ketones (excluding diaryl/α,β-unsaturated/α-hetero) is 1. The van der Waals surface area contributed by atoms with Gasteiger partial charge in [-0.3, -0.25) is 9.59 Å². The third kappa shape index (κ3) is 4.52. The fourth-order valence-corrected chi connectivity index (χ4v) is 1.99. The molecule has 1 heterocycles. The molecule has 1 rings (SSSR count). The zero-order chi connectivity index (χ0) is 12.8. The van der Waals surface area contributed by atoms with Crippen LogP contribution in [0.2, 0.25) is 0 Å². The van der Waals surface area contributed by atoms with E-state index in [0.717, 1.165) is 5.69 Å². The van der Waals surface area contributed by atoms with Gasteiger partial charge in [0.2, 0.25) is 0 Å². The molecule has 94 valence electrons. The Morgan fingerprint density at radius 3 is 2.76 bits per heavy atom. The molecular weight excluding hydrogens is 240 g/mol. The molecule has 1 unspecified atom stereocenters. The Balaban J connectivity index is 2.60. The minimum absolute atomic E-state index is 0.0296. The van der Waals surface area contributed by atoms with E-state index in [0.29, 0.717) is 11.7 Å². The third-order valence-corrected chi connectivity index (χ3v) is 2.97. The molecule has 1 aromatic heterocycles. The Labute approximate surface area is 104 Å². The molecule has 0 spiro atoms. The number of hydrogen-bond acceptors (Lipinski definition) is 6. The van der Waals surface area contributed by atoms with E-state index in [1.807, 2.05) is 12.3 Å². The van der Waals surface area contributed by atoms with Gasteiger partial charge >= 0.3 is 5.97 Å². The molecule has 1 aromatic rings. The lowest BCUT2D eigenvalue weighted by Gasteiger charge is -2.13. The molecule has 0 aromatic carbocycles. The van der Waals surface area contributed by atoms with E-state index in [1.165, 1.54) is 18.3 Å². The number of aromatic nitrogens is 1. The number of ether oxygens (including phenoxy) is 1. The highest BCUT2D eigenvalue weighted by Crippen LogP contribution is 2.16. The zero-order valence-electron chi connectivity index (χ0n) is 10.1. The number of carbonyl (C=O) groups is 2. The monoisotopic (exact) mass is 256 g/mol. The first kappa shape index (κ1) is 13.6. The summed E-state index contributed by atoms with van der Waals surface area (Å²) in [4.78, 5) is 26.9. The zero-order valence-corrected chi connectivity index (χ0v) is 11.0. The number of carbonyl (C=O) groups excluding carboxylic acids is 2. The lowest BCUT2D eigenvalue weighted by molar-refractivity contribution is -0.144. The van der Waals surface area contributed by atoms with Gasteiger partial charge in [-0.2, -0.15) is 0 Å². The van der Waals surface area contributed by atoms with Crippen LogP contribution in [-0.2, 0) is 14.3 Å². The SMILES string of the molecule is CCOC(=O)CC(Nc1nc(C)cs1)C(C)=O. The molecule has 0 amide bonds. The highest BCUT2D eigenvalue weighted by Gasteiger charge is 2.20. The van der Waals surface area contributed by atoms with Gasteiger partial charge in [0, 0.05) is 5.38 Å². The van der Waals surface area contributed by atoms with Crippen molar-refractivity contribution in [3.63, 3.8) is 0 Å². The van der Waals surface area contributed by atoms with Crippen molar-refractivity contribution in [2.45, 2.75) is 33.2 Å². The number of aryl methyl sites for hydroxylation is 1. The van der Waals surface area contributed by atoms with Crippen LogP contribution in [0, 0.1) is 6.92 Å². The fraction of sp³-hybridized carbons (Fsp3) is 0.545. The summed E-state index contributed by atoms with van der Waals surface area (Å²) < 4.78 is 4.82. The van der Waals surface area contributed by atoms with Crippen molar-refractivity contribution >= 4 is 28.2 Å². The Hall–Kier alpha value is -1.43. The largest absolute Gasteiger partial charge is 0.466 e. The molecule has 0 saturated heterocycles. The maximum absolute atomic E-state index is 11.4. The maximum atomic E-state index is 11.4. The molecule has 1 N–H and O–H groups in total. The highest BCUT2D eigenvalue weighted by atomic mass is 32.1. The van der Waals surface area contributed by atoms with Crippen molar-refractivity contribution < 1.29 is 14.3 Å². The quantitative estimate of drug-likeness (QED) is 0.786. The summed E-state index contributed by atoms with van der Waals surface area (Å²) >= 11 is 1.41. The Kier molecular flexibility index (Phi) is 5.09. The fourth-order valence-electron chi connectivity index (χ4n) is 1.25. The van der Waals surface area contributed by atoms with Gasteiger partial charge in [0.15, 0.2) is 10.9 Å². The summed E-state index contributed by atoms with van der Waals surface area (Å²) in [5.41, 5.74) is 0.885. The van der Waals surface area contributed by atoms with Crippen molar-refractivity contribution in [3.05, 3.63) is 11.1 Å². The van der Waals surface area contributed by atoms with Gasteiger partial charge < -0.3 is 10.1 Å². The van der Waals surface area contributed by atoms with E-state index in [1.54, 1.807) is 6.92 Å². The Morgan fingerprint density at radius 2 is 2.29 bits per heavy atom. The molecular formula is C11H16N2O3S. The van der Waals surface area contributed by atoms with Crippen molar-refractivity contribution in [2.24, 2.45) is 0 Å². The molecule has 0 aliphatic carbocycles. The average Bonchev–Trinajstić information content (AvgIpc) is 2.63. The van der Waals surface area contributed by atoms with Crippen LogP contribution in [-0.4, -0.2) is 29.4 Å². The van der Waals surface area contributed by atoms with E-state index in [-0.39, 0.29) is 18.2 Å². The molecule has 17 heavy (non-hydrogen) atoms. The first-order valence-corrected chi connectivity index (χ1v) is 6.25.